The van der Waals surface area contributed by atoms with E-state index in [-0.39, 0.29) is 17.6 Å². The molecule has 4 rings (SSSR count). The largest absolute Gasteiger partial charge is 0.479 e. The number of nitrogens with one attached hydrogen (secondary N) is 1. The van der Waals surface area contributed by atoms with Gasteiger partial charge in [0.2, 0.25) is 11.6 Å². The fourth-order valence-electron chi connectivity index (χ4n) is 3.24. The van der Waals surface area contributed by atoms with E-state index < -0.39 is 41.5 Å². The number of carbonyl (C=O) groups is 1. The summed E-state index contributed by atoms with van der Waals surface area (Å²) in [5.74, 6) is -8.15. The van der Waals surface area contributed by atoms with Crippen molar-refractivity contribution in [2.45, 2.75) is 25.9 Å². The molecule has 150 valence electrons. The van der Waals surface area contributed by atoms with Crippen LogP contribution in [0.4, 0.5) is 23.2 Å². The summed E-state index contributed by atoms with van der Waals surface area (Å²) in [6, 6.07) is 8.51. The molecule has 3 aromatic rings. The molecule has 2 aromatic carbocycles. The predicted octanol–water partition coefficient (Wildman–Crippen LogP) is 5.16. The second-order valence-electron chi connectivity index (χ2n) is 6.64. The zero-order valence-electron chi connectivity index (χ0n) is 15.0. The Balaban J connectivity index is 1.43. The fourth-order valence-corrected chi connectivity index (χ4v) is 3.24. The SMILES string of the molecule is O=C(Nc1ccc2c(c1)CCC2)c1ccc(COc2c(F)c(F)cc(F)c2F)o1. The number of aryl methyl sites for hydroxylation is 2. The predicted molar refractivity (Wildman–Crippen MR) is 95.7 cm³/mol. The number of fused-ring (bicyclic) bond motifs is 1. The van der Waals surface area contributed by atoms with Gasteiger partial charge in [-0.3, -0.25) is 4.79 Å². The van der Waals surface area contributed by atoms with Crippen LogP contribution in [0.3, 0.4) is 0 Å². The standard InChI is InChI=1S/C21H15F4NO3/c22-15-9-16(23)19(25)20(18(15)24)28-10-14-6-7-17(29-14)21(27)26-13-5-4-11-2-1-3-12(11)8-13/h4-9H,1-3,10H2,(H,26,27). The van der Waals surface area contributed by atoms with Gasteiger partial charge in [0.15, 0.2) is 23.1 Å². The summed E-state index contributed by atoms with van der Waals surface area (Å²) < 4.78 is 63.8. The lowest BCUT2D eigenvalue weighted by Crippen LogP contribution is -2.11. The lowest BCUT2D eigenvalue weighted by Gasteiger charge is -2.08. The Bertz CT molecular complexity index is 1070. The van der Waals surface area contributed by atoms with E-state index in [0.29, 0.717) is 5.69 Å². The third kappa shape index (κ3) is 3.83. The van der Waals surface area contributed by atoms with E-state index in [9.17, 15) is 22.4 Å². The number of rotatable bonds is 5. The Labute approximate surface area is 163 Å². The van der Waals surface area contributed by atoms with E-state index in [1.807, 2.05) is 12.1 Å². The Morgan fingerprint density at radius 1 is 0.966 bits per heavy atom. The molecular formula is C21H15F4NO3. The minimum absolute atomic E-state index is 0.0459. The van der Waals surface area contributed by atoms with E-state index in [1.54, 1.807) is 6.07 Å². The average molecular weight is 405 g/mol. The minimum atomic E-state index is -1.65. The zero-order valence-corrected chi connectivity index (χ0v) is 15.0. The number of anilines is 1. The Morgan fingerprint density at radius 2 is 1.69 bits per heavy atom. The molecule has 0 bridgehead atoms. The summed E-state index contributed by atoms with van der Waals surface area (Å²) in [5.41, 5.74) is 3.10. The van der Waals surface area contributed by atoms with E-state index in [1.165, 1.54) is 23.3 Å². The number of amides is 1. The van der Waals surface area contributed by atoms with Crippen molar-refractivity contribution >= 4 is 11.6 Å². The topological polar surface area (TPSA) is 51.5 Å². The van der Waals surface area contributed by atoms with Gasteiger partial charge in [-0.2, -0.15) is 8.78 Å². The van der Waals surface area contributed by atoms with Crippen molar-refractivity contribution in [3.05, 3.63) is 82.3 Å². The molecule has 4 nitrogen and oxygen atoms in total. The van der Waals surface area contributed by atoms with Gasteiger partial charge in [0.25, 0.3) is 5.91 Å². The summed E-state index contributed by atoms with van der Waals surface area (Å²) in [7, 11) is 0. The molecule has 0 unspecified atom stereocenters. The molecule has 1 amide bonds. The molecule has 8 heteroatoms. The second-order valence-corrected chi connectivity index (χ2v) is 6.64. The third-order valence-corrected chi connectivity index (χ3v) is 4.67. The van der Waals surface area contributed by atoms with E-state index in [4.69, 9.17) is 9.15 Å². The molecule has 0 radical (unpaired) electrons. The monoisotopic (exact) mass is 405 g/mol. The smallest absolute Gasteiger partial charge is 0.291 e. The highest BCUT2D eigenvalue weighted by Gasteiger charge is 2.21. The molecule has 0 saturated heterocycles. The Hall–Kier alpha value is -3.29. The van der Waals surface area contributed by atoms with Crippen LogP contribution in [-0.4, -0.2) is 5.91 Å². The number of halogens is 4. The van der Waals surface area contributed by atoms with Crippen molar-refractivity contribution in [3.8, 4) is 5.75 Å². The lowest BCUT2D eigenvalue weighted by atomic mass is 10.1. The summed E-state index contributed by atoms with van der Waals surface area (Å²) >= 11 is 0. The van der Waals surface area contributed by atoms with Gasteiger partial charge < -0.3 is 14.5 Å². The van der Waals surface area contributed by atoms with Gasteiger partial charge in [-0.15, -0.1) is 0 Å². The molecular weight excluding hydrogens is 390 g/mol. The molecule has 0 aliphatic heterocycles. The number of hydrogen-bond donors (Lipinski definition) is 1. The highest BCUT2D eigenvalue weighted by molar-refractivity contribution is 6.02. The number of furan rings is 1. The first-order valence-corrected chi connectivity index (χ1v) is 8.90. The number of ether oxygens (including phenoxy) is 1. The molecule has 1 aromatic heterocycles. The van der Waals surface area contributed by atoms with Crippen LogP contribution >= 0.6 is 0 Å². The van der Waals surface area contributed by atoms with Crippen LogP contribution < -0.4 is 10.1 Å². The lowest BCUT2D eigenvalue weighted by molar-refractivity contribution is 0.0992. The van der Waals surface area contributed by atoms with Crippen molar-refractivity contribution in [2.24, 2.45) is 0 Å². The highest BCUT2D eigenvalue weighted by atomic mass is 19.2. The van der Waals surface area contributed by atoms with Crippen LogP contribution in [0, 0.1) is 23.3 Å². The Morgan fingerprint density at radius 3 is 2.45 bits per heavy atom. The van der Waals surface area contributed by atoms with Gasteiger partial charge in [0, 0.05) is 11.8 Å². The first-order valence-electron chi connectivity index (χ1n) is 8.90. The van der Waals surface area contributed by atoms with Crippen LogP contribution in [0.2, 0.25) is 0 Å². The van der Waals surface area contributed by atoms with Crippen molar-refractivity contribution in [1.29, 1.82) is 0 Å². The fraction of sp³-hybridized carbons (Fsp3) is 0.190. The average Bonchev–Trinajstić information content (AvgIpc) is 3.35. The molecule has 0 fully saturated rings. The molecule has 1 heterocycles. The van der Waals surface area contributed by atoms with Gasteiger partial charge in [0.1, 0.15) is 12.4 Å². The van der Waals surface area contributed by atoms with E-state index in [2.05, 4.69) is 5.32 Å². The maximum atomic E-state index is 13.6. The van der Waals surface area contributed by atoms with Crippen molar-refractivity contribution in [1.82, 2.24) is 0 Å². The number of hydrogen-bond acceptors (Lipinski definition) is 3. The first-order chi connectivity index (χ1) is 13.9. The van der Waals surface area contributed by atoms with Gasteiger partial charge in [-0.05, 0) is 54.7 Å². The van der Waals surface area contributed by atoms with Crippen LogP contribution in [0.5, 0.6) is 5.75 Å². The van der Waals surface area contributed by atoms with E-state index in [0.717, 1.165) is 19.3 Å². The molecule has 0 atom stereocenters. The van der Waals surface area contributed by atoms with Crippen LogP contribution in [0.25, 0.3) is 0 Å². The molecule has 1 aliphatic carbocycles. The van der Waals surface area contributed by atoms with Gasteiger partial charge in [-0.25, -0.2) is 8.78 Å². The van der Waals surface area contributed by atoms with Gasteiger partial charge in [0.05, 0.1) is 0 Å². The summed E-state index contributed by atoms with van der Waals surface area (Å²) in [6.07, 6.45) is 3.08. The quantitative estimate of drug-likeness (QED) is 0.472. The van der Waals surface area contributed by atoms with Crippen molar-refractivity contribution in [3.63, 3.8) is 0 Å². The minimum Gasteiger partial charge on any atom is -0.479 e. The van der Waals surface area contributed by atoms with Crippen LogP contribution in [0.1, 0.15) is 33.9 Å². The van der Waals surface area contributed by atoms with Crippen molar-refractivity contribution < 1.29 is 31.5 Å². The number of carbonyl (C=O) groups excluding carboxylic acids is 1. The maximum absolute atomic E-state index is 13.6. The third-order valence-electron chi connectivity index (χ3n) is 4.67. The molecule has 0 saturated carbocycles. The number of benzene rings is 2. The Kier molecular flexibility index (Phi) is 5.00. The maximum Gasteiger partial charge on any atom is 0.291 e. The first kappa shape index (κ1) is 19.0. The van der Waals surface area contributed by atoms with Crippen molar-refractivity contribution in [2.75, 3.05) is 5.32 Å². The molecule has 29 heavy (non-hydrogen) atoms. The summed E-state index contributed by atoms with van der Waals surface area (Å²) in [6.45, 7) is -0.525. The summed E-state index contributed by atoms with van der Waals surface area (Å²) in [4.78, 5) is 12.3. The highest BCUT2D eigenvalue weighted by Crippen LogP contribution is 2.28. The summed E-state index contributed by atoms with van der Waals surface area (Å²) in [5, 5.41) is 2.72. The van der Waals surface area contributed by atoms with Gasteiger partial charge in [-0.1, -0.05) is 6.07 Å². The van der Waals surface area contributed by atoms with Crippen LogP contribution in [-0.2, 0) is 19.4 Å². The van der Waals surface area contributed by atoms with E-state index >= 15 is 0 Å². The second kappa shape index (κ2) is 7.62. The molecule has 0 spiro atoms. The van der Waals surface area contributed by atoms with Gasteiger partial charge >= 0.3 is 0 Å². The molecule has 1 aliphatic rings. The van der Waals surface area contributed by atoms with Crippen LogP contribution in [0.15, 0.2) is 40.8 Å². The zero-order chi connectivity index (χ0) is 20.5. The molecule has 1 N–H and O–H groups in total. The normalized spacial score (nSPS) is 12.7.